The van der Waals surface area contributed by atoms with Crippen LogP contribution in [0.15, 0.2) is 42.5 Å². The van der Waals surface area contributed by atoms with Crippen LogP contribution in [-0.4, -0.2) is 17.4 Å². The largest absolute Gasteiger partial charge is 0.375 e. The smallest absolute Gasteiger partial charge is 0.292 e. The van der Waals surface area contributed by atoms with Crippen LogP contribution in [-0.2, 0) is 11.3 Å². The molecule has 0 bridgehead atoms. The monoisotopic (exact) mass is 343 g/mol. The van der Waals surface area contributed by atoms with Gasteiger partial charge in [0.25, 0.3) is 5.69 Å². The summed E-state index contributed by atoms with van der Waals surface area (Å²) in [7, 11) is 0. The number of carbonyl (C=O) groups is 1. The Morgan fingerprint density at radius 1 is 1.16 bits per heavy atom. The molecule has 0 atom stereocenters. The van der Waals surface area contributed by atoms with Crippen molar-refractivity contribution in [2.45, 2.75) is 25.8 Å². The number of nitrogens with zero attached hydrogens (tertiary/aromatic N) is 2. The molecule has 2 aromatic carbocycles. The molecule has 1 N–H and O–H groups in total. The van der Waals surface area contributed by atoms with Crippen molar-refractivity contribution in [3.05, 3.63) is 64.0 Å². The van der Waals surface area contributed by atoms with E-state index in [1.807, 2.05) is 24.3 Å². The third-order valence-electron chi connectivity index (χ3n) is 4.21. The van der Waals surface area contributed by atoms with Gasteiger partial charge in [-0.05, 0) is 36.6 Å². The van der Waals surface area contributed by atoms with Crippen LogP contribution >= 0.6 is 0 Å². The van der Waals surface area contributed by atoms with Crippen molar-refractivity contribution in [1.82, 2.24) is 0 Å². The van der Waals surface area contributed by atoms with Crippen LogP contribution in [0.2, 0.25) is 0 Å². The topological polar surface area (TPSA) is 75.5 Å². The maximum Gasteiger partial charge on any atom is 0.292 e. The predicted octanol–water partition coefficient (Wildman–Crippen LogP) is 3.86. The Morgan fingerprint density at radius 2 is 1.92 bits per heavy atom. The lowest BCUT2D eigenvalue weighted by Crippen LogP contribution is -2.35. The van der Waals surface area contributed by atoms with E-state index in [-0.39, 0.29) is 17.3 Å². The zero-order valence-corrected chi connectivity index (χ0v) is 13.6. The van der Waals surface area contributed by atoms with Crippen LogP contribution in [0.3, 0.4) is 0 Å². The predicted molar refractivity (Wildman–Crippen MR) is 93.0 cm³/mol. The maximum atomic E-state index is 13.3. The number of nitro benzene ring substituents is 1. The van der Waals surface area contributed by atoms with Gasteiger partial charge < -0.3 is 10.2 Å². The third-order valence-corrected chi connectivity index (χ3v) is 4.21. The fourth-order valence-electron chi connectivity index (χ4n) is 2.88. The minimum absolute atomic E-state index is 0.132. The van der Waals surface area contributed by atoms with Crippen molar-refractivity contribution in [3.63, 3.8) is 0 Å². The number of halogens is 1. The number of amides is 1. The Labute approximate surface area is 144 Å². The summed E-state index contributed by atoms with van der Waals surface area (Å²) in [4.78, 5) is 24.2. The molecule has 0 saturated carbocycles. The third kappa shape index (κ3) is 3.93. The number of piperidine rings is 1. The Hall–Kier alpha value is -2.96. The van der Waals surface area contributed by atoms with E-state index in [4.69, 9.17) is 0 Å². The molecule has 3 rings (SSSR count). The summed E-state index contributed by atoms with van der Waals surface area (Å²) in [5, 5.41) is 13.9. The number of carbonyl (C=O) groups excluding carboxylic acids is 1. The van der Waals surface area contributed by atoms with Crippen LogP contribution in [0, 0.1) is 15.9 Å². The first-order valence-corrected chi connectivity index (χ1v) is 8.12. The molecular formula is C18H18FN3O3. The van der Waals surface area contributed by atoms with Gasteiger partial charge in [-0.2, -0.15) is 0 Å². The maximum absolute atomic E-state index is 13.3. The van der Waals surface area contributed by atoms with Gasteiger partial charge in [0, 0.05) is 37.3 Å². The van der Waals surface area contributed by atoms with E-state index in [1.54, 1.807) is 4.90 Å². The van der Waals surface area contributed by atoms with E-state index >= 15 is 0 Å². The second-order valence-electron chi connectivity index (χ2n) is 5.94. The quantitative estimate of drug-likeness (QED) is 0.661. The minimum atomic E-state index is -0.549. The van der Waals surface area contributed by atoms with Gasteiger partial charge in [-0.15, -0.1) is 0 Å². The number of anilines is 2. The fraction of sp³-hybridized carbons (Fsp3) is 0.278. The molecule has 1 saturated heterocycles. The van der Waals surface area contributed by atoms with Crippen LogP contribution in [0.1, 0.15) is 24.8 Å². The van der Waals surface area contributed by atoms with E-state index < -0.39 is 10.7 Å². The number of nitro groups is 1. The number of nitrogens with one attached hydrogen (secondary N) is 1. The van der Waals surface area contributed by atoms with Gasteiger partial charge in [0.15, 0.2) is 0 Å². The molecule has 0 radical (unpaired) electrons. The SMILES string of the molecule is O=C1CCCCN1c1ccc(CNc2cc(F)ccc2[N+](=O)[O-])cc1. The first-order valence-electron chi connectivity index (χ1n) is 8.12. The van der Waals surface area contributed by atoms with Crippen molar-refractivity contribution in [1.29, 1.82) is 0 Å². The molecule has 25 heavy (non-hydrogen) atoms. The van der Waals surface area contributed by atoms with Gasteiger partial charge in [0.05, 0.1) is 4.92 Å². The lowest BCUT2D eigenvalue weighted by molar-refractivity contribution is -0.384. The molecule has 6 nitrogen and oxygen atoms in total. The van der Waals surface area contributed by atoms with Crippen LogP contribution in [0.4, 0.5) is 21.5 Å². The normalized spacial score (nSPS) is 14.4. The molecule has 0 spiro atoms. The molecule has 0 aliphatic carbocycles. The van der Waals surface area contributed by atoms with Crippen LogP contribution in [0.5, 0.6) is 0 Å². The van der Waals surface area contributed by atoms with E-state index in [0.717, 1.165) is 48.8 Å². The average Bonchev–Trinajstić information content (AvgIpc) is 2.61. The summed E-state index contributed by atoms with van der Waals surface area (Å²) in [6.07, 6.45) is 2.51. The average molecular weight is 343 g/mol. The molecule has 1 aliphatic heterocycles. The first kappa shape index (κ1) is 16.9. The van der Waals surface area contributed by atoms with Gasteiger partial charge in [-0.25, -0.2) is 4.39 Å². The summed E-state index contributed by atoms with van der Waals surface area (Å²) < 4.78 is 13.3. The van der Waals surface area contributed by atoms with Gasteiger partial charge >= 0.3 is 0 Å². The van der Waals surface area contributed by atoms with Crippen molar-refractivity contribution < 1.29 is 14.1 Å². The van der Waals surface area contributed by atoms with Gasteiger partial charge in [-0.3, -0.25) is 14.9 Å². The lowest BCUT2D eigenvalue weighted by atomic mass is 10.1. The number of hydrogen-bond donors (Lipinski definition) is 1. The van der Waals surface area contributed by atoms with E-state index in [1.165, 1.54) is 0 Å². The summed E-state index contributed by atoms with van der Waals surface area (Å²) in [5.74, 6) is -0.403. The van der Waals surface area contributed by atoms with Crippen molar-refractivity contribution in [3.8, 4) is 0 Å². The van der Waals surface area contributed by atoms with Gasteiger partial charge in [0.1, 0.15) is 11.5 Å². The Bertz CT molecular complexity index is 793. The summed E-state index contributed by atoms with van der Waals surface area (Å²) in [5.41, 5.74) is 1.70. The molecular weight excluding hydrogens is 325 g/mol. The molecule has 1 aliphatic rings. The number of benzene rings is 2. The zero-order chi connectivity index (χ0) is 17.8. The highest BCUT2D eigenvalue weighted by molar-refractivity contribution is 5.93. The molecule has 1 fully saturated rings. The van der Waals surface area contributed by atoms with Crippen LogP contribution < -0.4 is 10.2 Å². The molecule has 0 unspecified atom stereocenters. The first-order chi connectivity index (χ1) is 12.0. The van der Waals surface area contributed by atoms with E-state index in [0.29, 0.717) is 13.0 Å². The Morgan fingerprint density at radius 3 is 2.60 bits per heavy atom. The summed E-state index contributed by atoms with van der Waals surface area (Å²) in [6, 6.07) is 10.8. The lowest BCUT2D eigenvalue weighted by Gasteiger charge is -2.26. The van der Waals surface area contributed by atoms with Crippen molar-refractivity contribution in [2.75, 3.05) is 16.8 Å². The van der Waals surface area contributed by atoms with E-state index in [9.17, 15) is 19.3 Å². The van der Waals surface area contributed by atoms with Gasteiger partial charge in [-0.1, -0.05) is 12.1 Å². The Kier molecular flexibility index (Phi) is 4.92. The highest BCUT2D eigenvalue weighted by Crippen LogP contribution is 2.26. The molecule has 1 amide bonds. The molecule has 7 heteroatoms. The molecule has 130 valence electrons. The van der Waals surface area contributed by atoms with E-state index in [2.05, 4.69) is 5.32 Å². The fourth-order valence-corrected chi connectivity index (χ4v) is 2.88. The zero-order valence-electron chi connectivity index (χ0n) is 13.6. The number of hydrogen-bond acceptors (Lipinski definition) is 4. The van der Waals surface area contributed by atoms with Crippen molar-refractivity contribution in [2.24, 2.45) is 0 Å². The minimum Gasteiger partial charge on any atom is -0.375 e. The van der Waals surface area contributed by atoms with Gasteiger partial charge in [0.2, 0.25) is 5.91 Å². The van der Waals surface area contributed by atoms with Crippen molar-refractivity contribution >= 4 is 23.0 Å². The molecule has 2 aromatic rings. The second-order valence-corrected chi connectivity index (χ2v) is 5.94. The highest BCUT2D eigenvalue weighted by atomic mass is 19.1. The van der Waals surface area contributed by atoms with Crippen LogP contribution in [0.25, 0.3) is 0 Å². The molecule has 0 aromatic heterocycles. The number of rotatable bonds is 5. The Balaban J connectivity index is 1.69. The summed E-state index contributed by atoms with van der Waals surface area (Å²) >= 11 is 0. The highest BCUT2D eigenvalue weighted by Gasteiger charge is 2.19. The summed E-state index contributed by atoms with van der Waals surface area (Å²) in [6.45, 7) is 1.05. The second kappa shape index (κ2) is 7.29. The molecule has 1 heterocycles. The standard InChI is InChI=1S/C18H18FN3O3/c19-14-6-9-17(22(24)25)16(11-14)20-12-13-4-7-15(8-5-13)21-10-2-1-3-18(21)23/h4-9,11,20H,1-3,10,12H2.